The third-order valence-corrected chi connectivity index (χ3v) is 2.02. The van der Waals surface area contributed by atoms with Crippen molar-refractivity contribution in [3.05, 3.63) is 5.56 Å². The quantitative estimate of drug-likeness (QED) is 0.265. The summed E-state index contributed by atoms with van der Waals surface area (Å²) in [5.41, 5.74) is -0.240. The number of benzene rings is 1. The van der Waals surface area contributed by atoms with Crippen molar-refractivity contribution in [2.24, 2.45) is 0 Å². The predicted molar refractivity (Wildman–Crippen MR) is 53.5 cm³/mol. The van der Waals surface area contributed by atoms with Gasteiger partial charge in [0.25, 0.3) is 0 Å². The second-order valence-electron chi connectivity index (χ2n) is 3.84. The molecule has 0 fully saturated rings. The molecule has 15 heavy (non-hydrogen) atoms. The first-order valence-corrected chi connectivity index (χ1v) is 4.16. The third kappa shape index (κ3) is 1.62. The van der Waals surface area contributed by atoms with Gasteiger partial charge in [0.2, 0.25) is 17.2 Å². The van der Waals surface area contributed by atoms with E-state index in [1.807, 2.05) is 0 Å². The molecule has 0 aromatic heterocycles. The van der Waals surface area contributed by atoms with Gasteiger partial charge in [-0.2, -0.15) is 0 Å². The number of phenolic OH excluding ortho intramolecular Hbond substituents is 5. The molecule has 1 rings (SSSR count). The van der Waals surface area contributed by atoms with Gasteiger partial charge in [-0.1, -0.05) is 13.8 Å². The van der Waals surface area contributed by atoms with E-state index in [9.17, 15) is 20.4 Å². The van der Waals surface area contributed by atoms with Crippen LogP contribution in [0.5, 0.6) is 28.7 Å². The smallest absolute Gasteiger partial charge is 0.208 e. The van der Waals surface area contributed by atoms with E-state index in [1.54, 1.807) is 0 Å². The molecule has 5 nitrogen and oxygen atoms in total. The first-order valence-electron chi connectivity index (χ1n) is 4.16. The van der Waals surface area contributed by atoms with E-state index < -0.39 is 34.1 Å². The summed E-state index contributed by atoms with van der Waals surface area (Å²) >= 11 is 0. The molecule has 0 aliphatic carbocycles. The molecule has 2 radical (unpaired) electrons. The van der Waals surface area contributed by atoms with E-state index in [-0.39, 0.29) is 5.56 Å². The maximum Gasteiger partial charge on any atom is 0.208 e. The lowest BCUT2D eigenvalue weighted by molar-refractivity contribution is 0.321. The minimum absolute atomic E-state index is 0.240. The van der Waals surface area contributed by atoms with Gasteiger partial charge in [0.1, 0.15) is 0 Å². The SMILES string of the molecule is [B]C(C)(C)c1c(O)c(O)c(O)c(O)c1O. The van der Waals surface area contributed by atoms with Crippen molar-refractivity contribution in [1.29, 1.82) is 0 Å². The Morgan fingerprint density at radius 2 is 1.00 bits per heavy atom. The number of phenols is 5. The summed E-state index contributed by atoms with van der Waals surface area (Å²) in [7, 11) is 5.62. The van der Waals surface area contributed by atoms with Crippen molar-refractivity contribution in [2.75, 3.05) is 0 Å². The van der Waals surface area contributed by atoms with Crippen molar-refractivity contribution in [1.82, 2.24) is 0 Å². The number of hydrogen-bond donors (Lipinski definition) is 5. The van der Waals surface area contributed by atoms with Gasteiger partial charge in [-0.25, -0.2) is 0 Å². The van der Waals surface area contributed by atoms with Crippen LogP contribution < -0.4 is 0 Å². The molecule has 0 saturated carbocycles. The Labute approximate surface area is 87.6 Å². The van der Waals surface area contributed by atoms with Gasteiger partial charge < -0.3 is 25.5 Å². The first-order chi connectivity index (χ1) is 6.68. The van der Waals surface area contributed by atoms with Crippen molar-refractivity contribution in [2.45, 2.75) is 19.2 Å². The number of hydrogen-bond acceptors (Lipinski definition) is 5. The average Bonchev–Trinajstić information content (AvgIpc) is 2.09. The summed E-state index contributed by atoms with van der Waals surface area (Å²) < 4.78 is 0. The maximum atomic E-state index is 9.46. The van der Waals surface area contributed by atoms with Crippen molar-refractivity contribution in [3.8, 4) is 28.7 Å². The van der Waals surface area contributed by atoms with Gasteiger partial charge in [0, 0.05) is 5.56 Å². The van der Waals surface area contributed by atoms with Crippen molar-refractivity contribution in [3.63, 3.8) is 0 Å². The Morgan fingerprint density at radius 3 is 1.27 bits per heavy atom. The van der Waals surface area contributed by atoms with E-state index in [4.69, 9.17) is 13.0 Å². The second kappa shape index (κ2) is 3.15. The zero-order valence-electron chi connectivity index (χ0n) is 8.31. The molecule has 1 aromatic rings. The van der Waals surface area contributed by atoms with Crippen molar-refractivity contribution >= 4 is 7.85 Å². The van der Waals surface area contributed by atoms with Gasteiger partial charge in [0.05, 0.1) is 7.85 Å². The van der Waals surface area contributed by atoms with Gasteiger partial charge in [-0.15, -0.1) is 0 Å². The van der Waals surface area contributed by atoms with Crippen LogP contribution in [-0.2, 0) is 5.31 Å². The monoisotopic (exact) mass is 210 g/mol. The fraction of sp³-hybridized carbons (Fsp3) is 0.333. The molecule has 0 spiro atoms. The van der Waals surface area contributed by atoms with Crippen LogP contribution in [0, 0.1) is 0 Å². The van der Waals surface area contributed by atoms with Gasteiger partial charge in [-0.05, 0) is 5.31 Å². The standard InChI is InChI=1S/C9H11BO5/c1-9(2,10)3-4(11)6(13)8(15)7(14)5(3)12/h11-15H,1-2H3. The lowest BCUT2D eigenvalue weighted by Gasteiger charge is -2.23. The molecule has 80 valence electrons. The highest BCUT2D eigenvalue weighted by atomic mass is 16.4. The summed E-state index contributed by atoms with van der Waals surface area (Å²) in [4.78, 5) is 0. The molecule has 1 aromatic carbocycles. The molecule has 0 atom stereocenters. The Bertz CT molecular complexity index is 379. The summed E-state index contributed by atoms with van der Waals surface area (Å²) in [6.45, 7) is 2.91. The highest BCUT2D eigenvalue weighted by Gasteiger charge is 2.29. The molecular weight excluding hydrogens is 199 g/mol. The van der Waals surface area contributed by atoms with Crippen LogP contribution >= 0.6 is 0 Å². The predicted octanol–water partition coefficient (Wildman–Crippen LogP) is 0.618. The zero-order chi connectivity index (χ0) is 12.0. The maximum absolute atomic E-state index is 9.46. The highest BCUT2D eigenvalue weighted by Crippen LogP contribution is 2.53. The van der Waals surface area contributed by atoms with Crippen LogP contribution in [-0.4, -0.2) is 33.4 Å². The van der Waals surface area contributed by atoms with E-state index >= 15 is 0 Å². The fourth-order valence-corrected chi connectivity index (χ4v) is 1.30. The van der Waals surface area contributed by atoms with Crippen LogP contribution in [0.4, 0.5) is 0 Å². The molecule has 5 N–H and O–H groups in total. The minimum Gasteiger partial charge on any atom is -0.504 e. The first kappa shape index (κ1) is 11.4. The molecule has 0 amide bonds. The van der Waals surface area contributed by atoms with Gasteiger partial charge >= 0.3 is 0 Å². The summed E-state index contributed by atoms with van der Waals surface area (Å²) in [5, 5.41) is 45.3. The summed E-state index contributed by atoms with van der Waals surface area (Å²) in [5.74, 6) is -4.33. The molecular formula is C9H11BO5. The molecule has 6 heteroatoms. The Balaban J connectivity index is 3.68. The van der Waals surface area contributed by atoms with E-state index in [2.05, 4.69) is 0 Å². The molecule has 0 heterocycles. The summed E-state index contributed by atoms with van der Waals surface area (Å²) in [6.07, 6.45) is 0. The van der Waals surface area contributed by atoms with E-state index in [1.165, 1.54) is 13.8 Å². The van der Waals surface area contributed by atoms with E-state index in [0.29, 0.717) is 0 Å². The number of aromatic hydroxyl groups is 5. The Morgan fingerprint density at radius 1 is 0.733 bits per heavy atom. The lowest BCUT2D eigenvalue weighted by Crippen LogP contribution is -2.17. The molecule has 0 bridgehead atoms. The van der Waals surface area contributed by atoms with Crippen LogP contribution in [0.25, 0.3) is 0 Å². The fourth-order valence-electron chi connectivity index (χ4n) is 1.30. The van der Waals surface area contributed by atoms with Gasteiger partial charge in [0.15, 0.2) is 11.5 Å². The molecule has 0 saturated heterocycles. The third-order valence-electron chi connectivity index (χ3n) is 2.02. The summed E-state index contributed by atoms with van der Waals surface area (Å²) in [6, 6.07) is 0. The second-order valence-corrected chi connectivity index (χ2v) is 3.84. The van der Waals surface area contributed by atoms with Crippen LogP contribution in [0.2, 0.25) is 0 Å². The normalized spacial score (nSPS) is 11.6. The van der Waals surface area contributed by atoms with Crippen LogP contribution in [0.3, 0.4) is 0 Å². The lowest BCUT2D eigenvalue weighted by atomic mass is 9.66. The van der Waals surface area contributed by atoms with Crippen LogP contribution in [0.1, 0.15) is 19.4 Å². The minimum atomic E-state index is -1.18. The van der Waals surface area contributed by atoms with E-state index in [0.717, 1.165) is 0 Å². The Hall–Kier alpha value is -1.72. The van der Waals surface area contributed by atoms with Crippen LogP contribution in [0.15, 0.2) is 0 Å². The van der Waals surface area contributed by atoms with Gasteiger partial charge in [-0.3, -0.25) is 0 Å². The largest absolute Gasteiger partial charge is 0.504 e. The van der Waals surface area contributed by atoms with Crippen molar-refractivity contribution < 1.29 is 25.5 Å². The zero-order valence-corrected chi connectivity index (χ0v) is 8.31. The Kier molecular flexibility index (Phi) is 2.39. The average molecular weight is 210 g/mol. The molecule has 0 unspecified atom stereocenters. The molecule has 0 aliphatic rings. The number of rotatable bonds is 1. The molecule has 0 aliphatic heterocycles. The highest BCUT2D eigenvalue weighted by molar-refractivity contribution is 6.16. The topological polar surface area (TPSA) is 101 Å².